The number of ketones is 2. The van der Waals surface area contributed by atoms with Crippen molar-refractivity contribution in [3.8, 4) is 0 Å². The molecule has 128 valence electrons. The van der Waals surface area contributed by atoms with Crippen LogP contribution in [0.4, 0.5) is 10.1 Å². The van der Waals surface area contributed by atoms with Gasteiger partial charge in [0.1, 0.15) is 5.82 Å². The summed E-state index contributed by atoms with van der Waals surface area (Å²) in [5, 5.41) is 12.1. The van der Waals surface area contributed by atoms with E-state index in [0.717, 1.165) is 23.7 Å². The first-order valence-corrected chi connectivity index (χ1v) is 7.79. The van der Waals surface area contributed by atoms with E-state index in [-0.39, 0.29) is 16.7 Å². The van der Waals surface area contributed by atoms with E-state index < -0.39 is 34.4 Å². The molecule has 1 aliphatic rings. The fourth-order valence-corrected chi connectivity index (χ4v) is 3.32. The van der Waals surface area contributed by atoms with Crippen LogP contribution >= 0.6 is 0 Å². The molecule has 26 heavy (non-hydrogen) atoms. The number of rotatable bonds is 3. The van der Waals surface area contributed by atoms with Crippen LogP contribution in [0.15, 0.2) is 48.7 Å². The zero-order chi connectivity index (χ0) is 18.4. The second-order valence-corrected chi connectivity index (χ2v) is 5.94. The van der Waals surface area contributed by atoms with Crippen molar-refractivity contribution in [1.82, 2.24) is 4.98 Å². The zero-order valence-electron chi connectivity index (χ0n) is 13.3. The molecule has 1 heterocycles. The molecule has 2 aromatic carbocycles. The number of Topliss-reactive ketones (excluding diaryl/α,β-unsaturated/α-hetero) is 2. The highest BCUT2D eigenvalue weighted by Gasteiger charge is 2.36. The molecule has 4 rings (SSSR count). The highest BCUT2D eigenvalue weighted by atomic mass is 19.1. The van der Waals surface area contributed by atoms with E-state index in [4.69, 9.17) is 0 Å². The first-order valence-electron chi connectivity index (χ1n) is 7.79. The summed E-state index contributed by atoms with van der Waals surface area (Å²) in [5.41, 5.74) is 0.625. The Labute approximate surface area is 146 Å². The lowest BCUT2D eigenvalue weighted by atomic mass is 9.95. The smallest absolute Gasteiger partial charge is 0.277 e. The molecule has 0 saturated heterocycles. The normalized spacial score (nSPS) is 14.5. The van der Waals surface area contributed by atoms with Gasteiger partial charge in [0.25, 0.3) is 5.69 Å². The molecule has 0 amide bonds. The Morgan fingerprint density at radius 2 is 1.69 bits per heavy atom. The van der Waals surface area contributed by atoms with E-state index in [1.165, 1.54) is 0 Å². The number of fused-ring (bicyclic) bond motifs is 1. The van der Waals surface area contributed by atoms with E-state index in [1.807, 2.05) is 12.1 Å². The SMILES string of the molecule is O=C1CC(=O)C(c2c[nH]c3ccccc23)=C1c1cc(F)ccc1[N+](=O)[O-]. The van der Waals surface area contributed by atoms with Gasteiger partial charge in [0, 0.05) is 39.9 Å². The summed E-state index contributed by atoms with van der Waals surface area (Å²) in [6.45, 7) is 0. The maximum absolute atomic E-state index is 13.8. The number of carbonyl (C=O) groups is 2. The zero-order valence-corrected chi connectivity index (χ0v) is 13.3. The summed E-state index contributed by atoms with van der Waals surface area (Å²) in [5.74, 6) is -1.71. The summed E-state index contributed by atoms with van der Waals surface area (Å²) in [6, 6.07) is 10.1. The molecule has 0 bridgehead atoms. The van der Waals surface area contributed by atoms with Crippen molar-refractivity contribution in [2.45, 2.75) is 6.42 Å². The number of halogens is 1. The molecule has 1 aromatic heterocycles. The lowest BCUT2D eigenvalue weighted by Gasteiger charge is -2.07. The van der Waals surface area contributed by atoms with Gasteiger partial charge in [0.15, 0.2) is 11.6 Å². The van der Waals surface area contributed by atoms with Gasteiger partial charge in [-0.3, -0.25) is 19.7 Å². The summed E-state index contributed by atoms with van der Waals surface area (Å²) in [6.07, 6.45) is 1.19. The molecule has 7 heteroatoms. The first kappa shape index (κ1) is 15.9. The topological polar surface area (TPSA) is 93.1 Å². The molecular formula is C19H11FN2O4. The number of allylic oxidation sites excluding steroid dienone is 2. The minimum absolute atomic E-state index is 0.0844. The molecule has 0 fully saturated rings. The van der Waals surface area contributed by atoms with Gasteiger partial charge in [-0.25, -0.2) is 4.39 Å². The van der Waals surface area contributed by atoms with Crippen LogP contribution in [-0.4, -0.2) is 21.5 Å². The lowest BCUT2D eigenvalue weighted by molar-refractivity contribution is -0.385. The molecule has 0 saturated carbocycles. The van der Waals surface area contributed by atoms with E-state index >= 15 is 0 Å². The predicted octanol–water partition coefficient (Wildman–Crippen LogP) is 3.67. The van der Waals surface area contributed by atoms with Gasteiger partial charge in [-0.05, 0) is 18.2 Å². The molecule has 1 N–H and O–H groups in total. The Hall–Kier alpha value is -3.61. The molecule has 0 aliphatic heterocycles. The van der Waals surface area contributed by atoms with Gasteiger partial charge >= 0.3 is 0 Å². The third kappa shape index (κ3) is 2.33. The van der Waals surface area contributed by atoms with Gasteiger partial charge in [-0.2, -0.15) is 0 Å². The van der Waals surface area contributed by atoms with E-state index in [1.54, 1.807) is 18.3 Å². The fourth-order valence-electron chi connectivity index (χ4n) is 3.32. The second kappa shape index (κ2) is 5.73. The molecule has 0 unspecified atom stereocenters. The number of hydrogen-bond donors (Lipinski definition) is 1. The summed E-state index contributed by atoms with van der Waals surface area (Å²) < 4.78 is 13.8. The van der Waals surface area contributed by atoms with Crippen LogP contribution in [0.25, 0.3) is 22.0 Å². The van der Waals surface area contributed by atoms with E-state index in [0.29, 0.717) is 10.9 Å². The van der Waals surface area contributed by atoms with Crippen molar-refractivity contribution < 1.29 is 18.9 Å². The fraction of sp³-hybridized carbons (Fsp3) is 0.0526. The standard InChI is InChI=1S/C19H11FN2O4/c20-10-5-6-15(22(25)26)12(7-10)18-16(23)8-17(24)19(18)13-9-21-14-4-2-1-3-11(13)14/h1-7,9,21H,8H2. The highest BCUT2D eigenvalue weighted by Crippen LogP contribution is 2.41. The van der Waals surface area contributed by atoms with Crippen molar-refractivity contribution in [3.05, 3.63) is 75.7 Å². The van der Waals surface area contributed by atoms with Crippen molar-refractivity contribution in [2.75, 3.05) is 0 Å². The number of nitro benzene ring substituents is 1. The molecular weight excluding hydrogens is 339 g/mol. The highest BCUT2D eigenvalue weighted by molar-refractivity contribution is 6.52. The Balaban J connectivity index is 2.07. The van der Waals surface area contributed by atoms with E-state index in [9.17, 15) is 24.1 Å². The van der Waals surface area contributed by atoms with Gasteiger partial charge in [0.05, 0.1) is 16.9 Å². The summed E-state index contributed by atoms with van der Waals surface area (Å²) in [7, 11) is 0. The first-order chi connectivity index (χ1) is 12.5. The molecule has 0 radical (unpaired) electrons. The Morgan fingerprint density at radius 1 is 1.00 bits per heavy atom. The van der Waals surface area contributed by atoms with Crippen LogP contribution < -0.4 is 0 Å². The predicted molar refractivity (Wildman–Crippen MR) is 92.8 cm³/mol. The number of aromatic nitrogens is 1. The number of benzene rings is 2. The number of nitrogens with zero attached hydrogens (tertiary/aromatic N) is 1. The minimum Gasteiger partial charge on any atom is -0.361 e. The Bertz CT molecular complexity index is 1140. The van der Waals surface area contributed by atoms with Gasteiger partial charge in [-0.1, -0.05) is 18.2 Å². The minimum atomic E-state index is -0.719. The van der Waals surface area contributed by atoms with Crippen LogP contribution in [0.1, 0.15) is 17.5 Å². The maximum Gasteiger partial charge on any atom is 0.277 e. The molecule has 3 aromatic rings. The Kier molecular flexibility index (Phi) is 3.50. The van der Waals surface area contributed by atoms with Crippen LogP contribution in [0, 0.1) is 15.9 Å². The van der Waals surface area contributed by atoms with Gasteiger partial charge in [0.2, 0.25) is 0 Å². The van der Waals surface area contributed by atoms with E-state index in [2.05, 4.69) is 4.98 Å². The maximum atomic E-state index is 13.8. The number of carbonyl (C=O) groups excluding carboxylic acids is 2. The number of H-pyrrole nitrogens is 1. The van der Waals surface area contributed by atoms with Crippen LogP contribution in [0.2, 0.25) is 0 Å². The van der Waals surface area contributed by atoms with Gasteiger partial charge < -0.3 is 4.98 Å². The summed E-state index contributed by atoms with van der Waals surface area (Å²) in [4.78, 5) is 38.7. The van der Waals surface area contributed by atoms with Crippen molar-refractivity contribution in [3.63, 3.8) is 0 Å². The lowest BCUT2D eigenvalue weighted by Crippen LogP contribution is -2.01. The van der Waals surface area contributed by atoms with Crippen molar-refractivity contribution in [1.29, 1.82) is 0 Å². The van der Waals surface area contributed by atoms with Gasteiger partial charge in [-0.15, -0.1) is 0 Å². The Morgan fingerprint density at radius 3 is 2.42 bits per heavy atom. The van der Waals surface area contributed by atoms with Crippen LogP contribution in [0.5, 0.6) is 0 Å². The number of nitro groups is 1. The molecule has 0 atom stereocenters. The largest absolute Gasteiger partial charge is 0.361 e. The average Bonchev–Trinajstić information content (AvgIpc) is 3.14. The molecule has 1 aliphatic carbocycles. The molecule has 0 spiro atoms. The number of nitrogens with one attached hydrogen (secondary N) is 1. The molecule has 6 nitrogen and oxygen atoms in total. The number of hydrogen-bond acceptors (Lipinski definition) is 4. The van der Waals surface area contributed by atoms with Crippen molar-refractivity contribution >= 4 is 39.3 Å². The van der Waals surface area contributed by atoms with Crippen LogP contribution in [0.3, 0.4) is 0 Å². The quantitative estimate of drug-likeness (QED) is 0.443. The third-order valence-corrected chi connectivity index (χ3v) is 4.41. The van der Waals surface area contributed by atoms with Crippen LogP contribution in [-0.2, 0) is 9.59 Å². The number of aromatic amines is 1. The van der Waals surface area contributed by atoms with Crippen molar-refractivity contribution in [2.24, 2.45) is 0 Å². The second-order valence-electron chi connectivity index (χ2n) is 5.94. The summed E-state index contributed by atoms with van der Waals surface area (Å²) >= 11 is 0. The average molecular weight is 350 g/mol. The number of para-hydroxylation sites is 1. The third-order valence-electron chi connectivity index (χ3n) is 4.41. The monoisotopic (exact) mass is 350 g/mol.